The fourth-order valence-corrected chi connectivity index (χ4v) is 3.19. The number of hydrogen-bond acceptors (Lipinski definition) is 3. The number of para-hydroxylation sites is 1. The summed E-state index contributed by atoms with van der Waals surface area (Å²) >= 11 is 6.07. The van der Waals surface area contributed by atoms with Crippen LogP contribution in [0.5, 0.6) is 0 Å². The van der Waals surface area contributed by atoms with E-state index in [0.717, 1.165) is 12.1 Å². The van der Waals surface area contributed by atoms with Gasteiger partial charge in [0.1, 0.15) is 0 Å². The molecular weight excluding hydrogens is 286 g/mol. The van der Waals surface area contributed by atoms with E-state index in [9.17, 15) is 5.11 Å². The molecule has 0 bridgehead atoms. The number of benzene rings is 1. The lowest BCUT2D eigenvalue weighted by Crippen LogP contribution is -2.33. The highest BCUT2D eigenvalue weighted by molar-refractivity contribution is 6.33. The summed E-state index contributed by atoms with van der Waals surface area (Å²) in [6.45, 7) is 3.06. The largest absolute Gasteiger partial charge is 0.389 e. The van der Waals surface area contributed by atoms with Crippen LogP contribution in [-0.4, -0.2) is 30.5 Å². The first-order valence-electron chi connectivity index (χ1n) is 7.98. The van der Waals surface area contributed by atoms with Gasteiger partial charge in [0.05, 0.1) is 29.5 Å². The molecule has 0 amide bonds. The summed E-state index contributed by atoms with van der Waals surface area (Å²) in [5.41, 5.74) is 0.849. The lowest BCUT2D eigenvalue weighted by atomic mass is 9.85. The maximum Gasteiger partial charge on any atom is 0.0945 e. The highest BCUT2D eigenvalue weighted by Gasteiger charge is 2.24. The van der Waals surface area contributed by atoms with Gasteiger partial charge in [-0.3, -0.25) is 0 Å². The van der Waals surface area contributed by atoms with Gasteiger partial charge in [0, 0.05) is 6.54 Å². The lowest BCUT2D eigenvalue weighted by molar-refractivity contribution is -0.0473. The second-order valence-electron chi connectivity index (χ2n) is 5.84. The van der Waals surface area contributed by atoms with E-state index in [2.05, 4.69) is 12.2 Å². The van der Waals surface area contributed by atoms with Crippen molar-refractivity contribution < 1.29 is 9.84 Å². The van der Waals surface area contributed by atoms with Gasteiger partial charge >= 0.3 is 0 Å². The van der Waals surface area contributed by atoms with E-state index in [1.54, 1.807) is 0 Å². The zero-order valence-electron chi connectivity index (χ0n) is 12.7. The Morgan fingerprint density at radius 3 is 2.86 bits per heavy atom. The molecule has 0 spiro atoms. The number of hydrogen-bond donors (Lipinski definition) is 2. The van der Waals surface area contributed by atoms with Crippen LogP contribution in [0.4, 0.5) is 5.69 Å². The molecule has 3 nitrogen and oxygen atoms in total. The van der Waals surface area contributed by atoms with E-state index in [-0.39, 0.29) is 0 Å². The molecule has 1 aliphatic carbocycles. The standard InChI is InChI=1S/C17H26ClNO2/c1-2-13-7-3-6-10-17(13)21-12-14(20)11-19-16-9-5-4-8-15(16)18/h4-5,8-9,13-14,17,19-20H,2-3,6-7,10-12H2,1H3. The van der Waals surface area contributed by atoms with Crippen molar-refractivity contribution in [3.63, 3.8) is 0 Å². The van der Waals surface area contributed by atoms with E-state index >= 15 is 0 Å². The SMILES string of the molecule is CCC1CCCCC1OCC(O)CNc1ccccc1Cl. The molecule has 1 saturated carbocycles. The molecule has 21 heavy (non-hydrogen) atoms. The quantitative estimate of drug-likeness (QED) is 0.796. The maximum absolute atomic E-state index is 10.1. The van der Waals surface area contributed by atoms with Crippen LogP contribution in [-0.2, 0) is 4.74 Å². The molecule has 118 valence electrons. The predicted molar refractivity (Wildman–Crippen MR) is 87.9 cm³/mol. The maximum atomic E-state index is 10.1. The number of ether oxygens (including phenoxy) is 1. The molecule has 0 aromatic heterocycles. The molecule has 0 heterocycles. The Morgan fingerprint density at radius 1 is 1.33 bits per heavy atom. The number of nitrogens with one attached hydrogen (secondary N) is 1. The Labute approximate surface area is 132 Å². The predicted octanol–water partition coefficient (Wildman–Crippen LogP) is 4.10. The van der Waals surface area contributed by atoms with Gasteiger partial charge in [-0.05, 0) is 30.9 Å². The minimum atomic E-state index is -0.513. The minimum Gasteiger partial charge on any atom is -0.389 e. The normalized spacial score (nSPS) is 23.8. The van der Waals surface area contributed by atoms with E-state index < -0.39 is 6.10 Å². The third-order valence-corrected chi connectivity index (χ3v) is 4.60. The average molecular weight is 312 g/mol. The highest BCUT2D eigenvalue weighted by Crippen LogP contribution is 2.29. The molecule has 0 radical (unpaired) electrons. The van der Waals surface area contributed by atoms with E-state index in [1.807, 2.05) is 24.3 Å². The number of rotatable bonds is 7. The molecule has 1 aromatic rings. The third kappa shape index (κ3) is 5.17. The summed E-state index contributed by atoms with van der Waals surface area (Å²) in [5, 5.41) is 13.9. The van der Waals surface area contributed by atoms with Crippen molar-refractivity contribution in [3.05, 3.63) is 29.3 Å². The van der Waals surface area contributed by atoms with Gasteiger partial charge in [0.2, 0.25) is 0 Å². The van der Waals surface area contributed by atoms with Crippen LogP contribution in [0.3, 0.4) is 0 Å². The Kier molecular flexibility index (Phi) is 6.81. The zero-order chi connectivity index (χ0) is 15.1. The molecule has 4 heteroatoms. The van der Waals surface area contributed by atoms with Crippen LogP contribution >= 0.6 is 11.6 Å². The molecule has 2 N–H and O–H groups in total. The monoisotopic (exact) mass is 311 g/mol. The van der Waals surface area contributed by atoms with Crippen LogP contribution in [0.25, 0.3) is 0 Å². The lowest BCUT2D eigenvalue weighted by Gasteiger charge is -2.31. The summed E-state index contributed by atoms with van der Waals surface area (Å²) in [4.78, 5) is 0. The number of aliphatic hydroxyl groups excluding tert-OH is 1. The van der Waals surface area contributed by atoms with Crippen molar-refractivity contribution in [1.29, 1.82) is 0 Å². The molecule has 3 atom stereocenters. The van der Waals surface area contributed by atoms with Crippen LogP contribution in [0, 0.1) is 5.92 Å². The number of anilines is 1. The number of aliphatic hydroxyl groups is 1. The molecule has 1 fully saturated rings. The van der Waals surface area contributed by atoms with Crippen molar-refractivity contribution in [2.24, 2.45) is 5.92 Å². The van der Waals surface area contributed by atoms with Gasteiger partial charge in [-0.2, -0.15) is 0 Å². The van der Waals surface area contributed by atoms with Crippen molar-refractivity contribution in [1.82, 2.24) is 0 Å². The molecule has 0 aliphatic heterocycles. The summed E-state index contributed by atoms with van der Waals surface area (Å²) in [6, 6.07) is 7.55. The average Bonchev–Trinajstić information content (AvgIpc) is 2.52. The van der Waals surface area contributed by atoms with Crippen LogP contribution in [0.2, 0.25) is 5.02 Å². The first-order valence-corrected chi connectivity index (χ1v) is 8.36. The Hall–Kier alpha value is -0.770. The van der Waals surface area contributed by atoms with Gasteiger partial charge in [0.25, 0.3) is 0 Å². The van der Waals surface area contributed by atoms with Crippen molar-refractivity contribution in [2.45, 2.75) is 51.2 Å². The summed E-state index contributed by atoms with van der Waals surface area (Å²) in [6.07, 6.45) is 5.92. The van der Waals surface area contributed by atoms with Gasteiger partial charge in [-0.25, -0.2) is 0 Å². The Bertz CT molecular complexity index is 427. The molecular formula is C17H26ClNO2. The van der Waals surface area contributed by atoms with Crippen molar-refractivity contribution in [3.8, 4) is 0 Å². The fourth-order valence-electron chi connectivity index (χ4n) is 2.99. The third-order valence-electron chi connectivity index (χ3n) is 4.27. The summed E-state index contributed by atoms with van der Waals surface area (Å²) < 4.78 is 5.94. The minimum absolute atomic E-state index is 0.318. The smallest absolute Gasteiger partial charge is 0.0945 e. The topological polar surface area (TPSA) is 41.5 Å². The highest BCUT2D eigenvalue weighted by atomic mass is 35.5. The van der Waals surface area contributed by atoms with Gasteiger partial charge in [0.15, 0.2) is 0 Å². The second kappa shape index (κ2) is 8.62. The Balaban J connectivity index is 1.72. The summed E-state index contributed by atoms with van der Waals surface area (Å²) in [7, 11) is 0. The fraction of sp³-hybridized carbons (Fsp3) is 0.647. The van der Waals surface area contributed by atoms with Gasteiger partial charge in [-0.1, -0.05) is 49.9 Å². The Morgan fingerprint density at radius 2 is 2.10 bits per heavy atom. The first kappa shape index (κ1) is 16.6. The molecule has 0 saturated heterocycles. The molecule has 1 aliphatic rings. The van der Waals surface area contributed by atoms with Crippen LogP contribution < -0.4 is 5.32 Å². The van der Waals surface area contributed by atoms with Gasteiger partial charge in [-0.15, -0.1) is 0 Å². The molecule has 2 rings (SSSR count). The van der Waals surface area contributed by atoms with E-state index in [0.29, 0.717) is 30.2 Å². The van der Waals surface area contributed by atoms with Gasteiger partial charge < -0.3 is 15.2 Å². The molecule has 1 aromatic carbocycles. The van der Waals surface area contributed by atoms with E-state index in [4.69, 9.17) is 16.3 Å². The zero-order valence-corrected chi connectivity index (χ0v) is 13.5. The number of halogens is 1. The van der Waals surface area contributed by atoms with Crippen molar-refractivity contribution >= 4 is 17.3 Å². The van der Waals surface area contributed by atoms with Crippen LogP contribution in [0.15, 0.2) is 24.3 Å². The van der Waals surface area contributed by atoms with E-state index in [1.165, 1.54) is 25.7 Å². The first-order chi connectivity index (χ1) is 10.2. The molecule has 3 unspecified atom stereocenters. The second-order valence-corrected chi connectivity index (χ2v) is 6.25. The van der Waals surface area contributed by atoms with Crippen molar-refractivity contribution in [2.75, 3.05) is 18.5 Å². The van der Waals surface area contributed by atoms with Crippen LogP contribution in [0.1, 0.15) is 39.0 Å². The summed E-state index contributed by atoms with van der Waals surface area (Å²) in [5.74, 6) is 0.655.